The summed E-state index contributed by atoms with van der Waals surface area (Å²) >= 11 is 1.82. The van der Waals surface area contributed by atoms with Crippen molar-refractivity contribution in [2.75, 3.05) is 23.0 Å². The van der Waals surface area contributed by atoms with Gasteiger partial charge in [-0.05, 0) is 17.9 Å². The molecule has 0 bridgehead atoms. The Bertz CT molecular complexity index is 194. The molecule has 2 unspecified atom stereocenters. The largest absolute Gasteiger partial charge is 0.481 e. The molecule has 0 aliphatic carbocycles. The Labute approximate surface area is 92.1 Å². The first-order valence-corrected chi connectivity index (χ1v) is 7.37. The van der Waals surface area contributed by atoms with Crippen LogP contribution >= 0.6 is 11.8 Å². The Kier molecular flexibility index (Phi) is 8.27. The summed E-state index contributed by atoms with van der Waals surface area (Å²) in [6.07, 6.45) is 0.914. The summed E-state index contributed by atoms with van der Waals surface area (Å²) < 4.78 is 11.4. The van der Waals surface area contributed by atoms with Crippen molar-refractivity contribution in [3.8, 4) is 0 Å². The predicted octanol–water partition coefficient (Wildman–Crippen LogP) is 1.60. The quantitative estimate of drug-likeness (QED) is 0.653. The van der Waals surface area contributed by atoms with Crippen LogP contribution in [0.2, 0.25) is 0 Å². The maximum absolute atomic E-state index is 11.4. The van der Waals surface area contributed by atoms with Crippen LogP contribution in [0.25, 0.3) is 0 Å². The van der Waals surface area contributed by atoms with Gasteiger partial charge in [0.1, 0.15) is 0 Å². The zero-order valence-corrected chi connectivity index (χ0v) is 10.3. The van der Waals surface area contributed by atoms with Crippen LogP contribution in [0.4, 0.5) is 0 Å². The van der Waals surface area contributed by atoms with E-state index >= 15 is 0 Å². The second kappa shape index (κ2) is 8.29. The first-order valence-electron chi connectivity index (χ1n) is 4.73. The molecule has 2 atom stereocenters. The average molecular weight is 238 g/mol. The monoisotopic (exact) mass is 238 g/mol. The van der Waals surface area contributed by atoms with Crippen LogP contribution in [0, 0.1) is 5.92 Å². The number of carbonyl (C=O) groups is 1. The molecular formula is C9H18O3S2. The molecule has 14 heavy (non-hydrogen) atoms. The van der Waals surface area contributed by atoms with Crippen molar-refractivity contribution in [2.24, 2.45) is 5.92 Å². The SMILES string of the molecule is CCSCCCS(=O)CC(C)C(=O)O. The Morgan fingerprint density at radius 1 is 1.57 bits per heavy atom. The first-order chi connectivity index (χ1) is 6.57. The van der Waals surface area contributed by atoms with Gasteiger partial charge in [-0.3, -0.25) is 9.00 Å². The van der Waals surface area contributed by atoms with Gasteiger partial charge in [-0.25, -0.2) is 0 Å². The molecule has 0 heterocycles. The summed E-state index contributed by atoms with van der Waals surface area (Å²) in [5, 5.41) is 8.60. The van der Waals surface area contributed by atoms with Gasteiger partial charge in [0.2, 0.25) is 0 Å². The van der Waals surface area contributed by atoms with Crippen molar-refractivity contribution >= 4 is 28.5 Å². The molecule has 0 aromatic carbocycles. The van der Waals surface area contributed by atoms with Gasteiger partial charge < -0.3 is 5.11 Å². The summed E-state index contributed by atoms with van der Waals surface area (Å²) in [7, 11) is -0.968. The number of carboxylic acid groups (broad SMARTS) is 1. The van der Waals surface area contributed by atoms with Gasteiger partial charge >= 0.3 is 5.97 Å². The second-order valence-electron chi connectivity index (χ2n) is 3.10. The molecule has 0 aromatic heterocycles. The number of carboxylic acids is 1. The van der Waals surface area contributed by atoms with Crippen molar-refractivity contribution in [3.05, 3.63) is 0 Å². The molecule has 5 heteroatoms. The molecule has 3 nitrogen and oxygen atoms in total. The highest BCUT2D eigenvalue weighted by atomic mass is 32.2. The van der Waals surface area contributed by atoms with Crippen LogP contribution in [0.5, 0.6) is 0 Å². The topological polar surface area (TPSA) is 54.4 Å². The molecule has 0 aromatic rings. The summed E-state index contributed by atoms with van der Waals surface area (Å²) in [5.74, 6) is 1.66. The van der Waals surface area contributed by atoms with Crippen molar-refractivity contribution in [2.45, 2.75) is 20.3 Å². The van der Waals surface area contributed by atoms with Crippen LogP contribution in [-0.4, -0.2) is 38.3 Å². The van der Waals surface area contributed by atoms with E-state index in [0.717, 1.165) is 17.9 Å². The van der Waals surface area contributed by atoms with Crippen molar-refractivity contribution in [1.29, 1.82) is 0 Å². The van der Waals surface area contributed by atoms with Crippen LogP contribution < -0.4 is 0 Å². The summed E-state index contributed by atoms with van der Waals surface area (Å²) in [6, 6.07) is 0. The molecule has 0 spiro atoms. The molecule has 1 N–H and O–H groups in total. The van der Waals surface area contributed by atoms with E-state index in [1.54, 1.807) is 6.92 Å². The first kappa shape index (κ1) is 14.0. The van der Waals surface area contributed by atoms with E-state index in [9.17, 15) is 9.00 Å². The van der Waals surface area contributed by atoms with E-state index in [2.05, 4.69) is 6.92 Å². The lowest BCUT2D eigenvalue weighted by atomic mass is 10.2. The molecule has 0 aliphatic rings. The second-order valence-corrected chi connectivity index (χ2v) is 6.12. The van der Waals surface area contributed by atoms with E-state index in [0.29, 0.717) is 5.75 Å². The maximum Gasteiger partial charge on any atom is 0.307 e. The van der Waals surface area contributed by atoms with Crippen LogP contribution in [0.1, 0.15) is 20.3 Å². The van der Waals surface area contributed by atoms with Gasteiger partial charge in [0.05, 0.1) is 5.92 Å². The molecule has 0 rings (SSSR count). The van der Waals surface area contributed by atoms with Gasteiger partial charge in [0.15, 0.2) is 0 Å². The molecular weight excluding hydrogens is 220 g/mol. The smallest absolute Gasteiger partial charge is 0.307 e. The number of hydrogen-bond donors (Lipinski definition) is 1. The minimum atomic E-state index is -0.968. The molecule has 0 fully saturated rings. The Hall–Kier alpha value is -0.0300. The van der Waals surface area contributed by atoms with Crippen LogP contribution in [0.15, 0.2) is 0 Å². The van der Waals surface area contributed by atoms with Gasteiger partial charge in [0, 0.05) is 22.3 Å². The minimum Gasteiger partial charge on any atom is -0.481 e. The van der Waals surface area contributed by atoms with E-state index in [1.165, 1.54) is 0 Å². The summed E-state index contributed by atoms with van der Waals surface area (Å²) in [6.45, 7) is 3.69. The lowest BCUT2D eigenvalue weighted by Gasteiger charge is -2.05. The van der Waals surface area contributed by atoms with Crippen LogP contribution in [-0.2, 0) is 15.6 Å². The molecule has 0 amide bonds. The van der Waals surface area contributed by atoms with E-state index in [-0.39, 0.29) is 5.75 Å². The van der Waals surface area contributed by atoms with E-state index in [1.807, 2.05) is 11.8 Å². The third-order valence-corrected chi connectivity index (χ3v) is 4.32. The van der Waals surface area contributed by atoms with Crippen molar-refractivity contribution in [1.82, 2.24) is 0 Å². The maximum atomic E-state index is 11.4. The summed E-state index contributed by atoms with van der Waals surface area (Å²) in [5.41, 5.74) is 0. The highest BCUT2D eigenvalue weighted by Crippen LogP contribution is 2.04. The Morgan fingerprint density at radius 2 is 2.21 bits per heavy atom. The predicted molar refractivity (Wildman–Crippen MR) is 62.3 cm³/mol. The summed E-state index contributed by atoms with van der Waals surface area (Å²) in [4.78, 5) is 10.5. The van der Waals surface area contributed by atoms with Gasteiger partial charge in [-0.1, -0.05) is 13.8 Å². The van der Waals surface area contributed by atoms with Crippen molar-refractivity contribution in [3.63, 3.8) is 0 Å². The molecule has 84 valence electrons. The number of hydrogen-bond acceptors (Lipinski definition) is 3. The number of aliphatic carboxylic acids is 1. The van der Waals surface area contributed by atoms with E-state index < -0.39 is 22.7 Å². The molecule has 0 radical (unpaired) electrons. The van der Waals surface area contributed by atoms with Crippen molar-refractivity contribution < 1.29 is 14.1 Å². The molecule has 0 aliphatic heterocycles. The standard InChI is InChI=1S/C9H18O3S2/c1-3-13-5-4-6-14(12)7-8(2)9(10)11/h8H,3-7H2,1-2H3,(H,10,11). The van der Waals surface area contributed by atoms with Gasteiger partial charge in [-0.2, -0.15) is 11.8 Å². The van der Waals surface area contributed by atoms with E-state index in [4.69, 9.17) is 5.11 Å². The highest BCUT2D eigenvalue weighted by molar-refractivity contribution is 7.99. The number of rotatable bonds is 8. The third-order valence-electron chi connectivity index (χ3n) is 1.72. The zero-order valence-electron chi connectivity index (χ0n) is 8.69. The fraction of sp³-hybridized carbons (Fsp3) is 0.889. The average Bonchev–Trinajstić information content (AvgIpc) is 2.12. The molecule has 0 saturated carbocycles. The Morgan fingerprint density at radius 3 is 2.71 bits per heavy atom. The van der Waals surface area contributed by atoms with Gasteiger partial charge in [-0.15, -0.1) is 0 Å². The third kappa shape index (κ3) is 7.38. The number of thioether (sulfide) groups is 1. The zero-order chi connectivity index (χ0) is 11.0. The van der Waals surface area contributed by atoms with Gasteiger partial charge in [0.25, 0.3) is 0 Å². The normalized spacial score (nSPS) is 15.0. The Balaban J connectivity index is 3.50. The minimum absolute atomic E-state index is 0.284. The fourth-order valence-electron chi connectivity index (χ4n) is 0.900. The lowest BCUT2D eigenvalue weighted by Crippen LogP contribution is -2.18. The molecule has 0 saturated heterocycles. The van der Waals surface area contributed by atoms with Crippen LogP contribution in [0.3, 0.4) is 0 Å². The fourth-order valence-corrected chi connectivity index (χ4v) is 3.05. The highest BCUT2D eigenvalue weighted by Gasteiger charge is 2.14. The lowest BCUT2D eigenvalue weighted by molar-refractivity contribution is -0.140.